The molecule has 0 aromatic heterocycles. The molecule has 1 aliphatic heterocycles. The number of carbonyl (C=O) groups is 2. The highest BCUT2D eigenvalue weighted by atomic mass is 16.7. The van der Waals surface area contributed by atoms with Crippen molar-refractivity contribution in [2.45, 2.75) is 0 Å². The summed E-state index contributed by atoms with van der Waals surface area (Å²) in [6.45, 7) is 0.0771. The van der Waals surface area contributed by atoms with Crippen LogP contribution >= 0.6 is 0 Å². The Hall–Kier alpha value is -3.62. The molecule has 2 aromatic carbocycles. The fraction of sp³-hybridized carbons (Fsp3) is 0.0667. The first kappa shape index (κ1) is 15.3. The second-order valence-corrected chi connectivity index (χ2v) is 4.78. The minimum atomic E-state index is -0.807. The molecule has 0 unspecified atom stereocenters. The van der Waals surface area contributed by atoms with Crippen LogP contribution in [-0.2, 0) is 0 Å². The predicted octanol–water partition coefficient (Wildman–Crippen LogP) is 2.29. The molecule has 0 saturated heterocycles. The van der Waals surface area contributed by atoms with E-state index in [-0.39, 0.29) is 23.7 Å². The van der Waals surface area contributed by atoms with Gasteiger partial charge in [0, 0.05) is 23.4 Å². The van der Waals surface area contributed by atoms with Crippen LogP contribution in [0.5, 0.6) is 11.5 Å². The van der Waals surface area contributed by atoms with Gasteiger partial charge >= 0.3 is 6.03 Å². The summed E-state index contributed by atoms with van der Waals surface area (Å²) in [7, 11) is 0. The molecule has 9 heteroatoms. The minimum absolute atomic E-state index is 0.0771. The molecule has 0 spiro atoms. The van der Waals surface area contributed by atoms with E-state index in [2.05, 4.69) is 10.6 Å². The average molecular weight is 329 g/mol. The summed E-state index contributed by atoms with van der Waals surface area (Å²) in [5, 5.41) is 15.2. The van der Waals surface area contributed by atoms with Crippen LogP contribution in [0.15, 0.2) is 42.5 Å². The fourth-order valence-corrected chi connectivity index (χ4v) is 2.07. The Kier molecular flexibility index (Phi) is 3.98. The standard InChI is InChI=1S/C15H11N3O6/c19-14(9-4-5-12-13(6-9)24-8-23-12)17-15(20)16-10-2-1-3-11(7-10)18(21)22/h1-7H,8H2,(H2,16,17,19,20). The number of amides is 3. The van der Waals surface area contributed by atoms with E-state index in [1.807, 2.05) is 0 Å². The van der Waals surface area contributed by atoms with Crippen molar-refractivity contribution in [1.29, 1.82) is 0 Å². The molecule has 1 aliphatic rings. The smallest absolute Gasteiger partial charge is 0.326 e. The van der Waals surface area contributed by atoms with E-state index in [4.69, 9.17) is 9.47 Å². The third kappa shape index (κ3) is 3.24. The molecule has 3 rings (SSSR count). The van der Waals surface area contributed by atoms with Crippen LogP contribution in [0, 0.1) is 10.1 Å². The number of non-ortho nitro benzene ring substituents is 1. The normalized spacial score (nSPS) is 11.7. The van der Waals surface area contributed by atoms with Crippen molar-refractivity contribution in [3.8, 4) is 11.5 Å². The summed E-state index contributed by atoms with van der Waals surface area (Å²) < 4.78 is 10.3. The summed E-state index contributed by atoms with van der Waals surface area (Å²) in [6.07, 6.45) is 0. The van der Waals surface area contributed by atoms with Crippen molar-refractivity contribution in [1.82, 2.24) is 5.32 Å². The zero-order valence-electron chi connectivity index (χ0n) is 12.1. The molecule has 0 fully saturated rings. The van der Waals surface area contributed by atoms with Gasteiger partial charge in [0.1, 0.15) is 0 Å². The highest BCUT2D eigenvalue weighted by Crippen LogP contribution is 2.32. The van der Waals surface area contributed by atoms with E-state index in [0.29, 0.717) is 11.5 Å². The van der Waals surface area contributed by atoms with Gasteiger partial charge in [-0.3, -0.25) is 20.2 Å². The number of ether oxygens (including phenoxy) is 2. The highest BCUT2D eigenvalue weighted by Gasteiger charge is 2.17. The second kappa shape index (κ2) is 6.24. The first-order valence-corrected chi connectivity index (χ1v) is 6.79. The lowest BCUT2D eigenvalue weighted by Crippen LogP contribution is -2.34. The zero-order valence-corrected chi connectivity index (χ0v) is 12.1. The summed E-state index contributed by atoms with van der Waals surface area (Å²) in [5.74, 6) is 0.297. The third-order valence-electron chi connectivity index (χ3n) is 3.18. The number of hydrogen-bond acceptors (Lipinski definition) is 6. The fourth-order valence-electron chi connectivity index (χ4n) is 2.07. The number of nitrogens with one attached hydrogen (secondary N) is 2. The molecule has 122 valence electrons. The van der Waals surface area contributed by atoms with Gasteiger partial charge in [-0.25, -0.2) is 4.79 Å². The number of nitro benzene ring substituents is 1. The maximum Gasteiger partial charge on any atom is 0.326 e. The van der Waals surface area contributed by atoms with Gasteiger partial charge in [0.25, 0.3) is 11.6 Å². The van der Waals surface area contributed by atoms with Gasteiger partial charge in [0.2, 0.25) is 6.79 Å². The average Bonchev–Trinajstić information content (AvgIpc) is 3.02. The van der Waals surface area contributed by atoms with E-state index in [1.54, 1.807) is 6.07 Å². The number of nitro groups is 1. The number of anilines is 1. The van der Waals surface area contributed by atoms with Crippen LogP contribution in [0.1, 0.15) is 10.4 Å². The van der Waals surface area contributed by atoms with Crippen molar-refractivity contribution in [2.75, 3.05) is 12.1 Å². The van der Waals surface area contributed by atoms with Gasteiger partial charge in [-0.15, -0.1) is 0 Å². The van der Waals surface area contributed by atoms with Crippen molar-refractivity contribution in [2.24, 2.45) is 0 Å². The van der Waals surface area contributed by atoms with Crippen LogP contribution in [-0.4, -0.2) is 23.7 Å². The molecular formula is C15H11N3O6. The number of urea groups is 1. The van der Waals surface area contributed by atoms with Crippen molar-refractivity contribution in [3.05, 3.63) is 58.1 Å². The number of nitrogens with zero attached hydrogens (tertiary/aromatic N) is 1. The van der Waals surface area contributed by atoms with E-state index in [1.165, 1.54) is 36.4 Å². The Morgan fingerprint density at radius 3 is 2.67 bits per heavy atom. The molecule has 0 saturated carbocycles. The lowest BCUT2D eigenvalue weighted by molar-refractivity contribution is -0.384. The molecule has 0 radical (unpaired) electrons. The van der Waals surface area contributed by atoms with Crippen LogP contribution in [0.25, 0.3) is 0 Å². The van der Waals surface area contributed by atoms with Crippen LogP contribution in [0.2, 0.25) is 0 Å². The molecule has 0 atom stereocenters. The van der Waals surface area contributed by atoms with Gasteiger partial charge in [-0.2, -0.15) is 0 Å². The summed E-state index contributed by atoms with van der Waals surface area (Å²) in [4.78, 5) is 34.0. The maximum atomic E-state index is 12.0. The summed E-state index contributed by atoms with van der Waals surface area (Å²) >= 11 is 0. The highest BCUT2D eigenvalue weighted by molar-refractivity contribution is 6.08. The van der Waals surface area contributed by atoms with Crippen LogP contribution in [0.3, 0.4) is 0 Å². The van der Waals surface area contributed by atoms with Crippen molar-refractivity contribution in [3.63, 3.8) is 0 Å². The Balaban J connectivity index is 1.65. The summed E-state index contributed by atoms with van der Waals surface area (Å²) in [5.41, 5.74) is 0.239. The molecule has 3 amide bonds. The maximum absolute atomic E-state index is 12.0. The van der Waals surface area contributed by atoms with Gasteiger partial charge < -0.3 is 14.8 Å². The largest absolute Gasteiger partial charge is 0.454 e. The number of carbonyl (C=O) groups excluding carboxylic acids is 2. The lowest BCUT2D eigenvalue weighted by Gasteiger charge is -2.07. The monoisotopic (exact) mass is 329 g/mol. The van der Waals surface area contributed by atoms with Gasteiger partial charge in [-0.1, -0.05) is 6.07 Å². The molecule has 24 heavy (non-hydrogen) atoms. The molecular weight excluding hydrogens is 318 g/mol. The zero-order chi connectivity index (χ0) is 17.1. The van der Waals surface area contributed by atoms with Crippen molar-refractivity contribution < 1.29 is 24.0 Å². The number of rotatable bonds is 3. The van der Waals surface area contributed by atoms with Gasteiger partial charge in [0.15, 0.2) is 11.5 Å². The Labute approximate surface area is 135 Å². The second-order valence-electron chi connectivity index (χ2n) is 4.78. The molecule has 1 heterocycles. The number of imide groups is 1. The molecule has 2 N–H and O–H groups in total. The van der Waals surface area contributed by atoms with E-state index in [0.717, 1.165) is 0 Å². The van der Waals surface area contributed by atoms with E-state index < -0.39 is 16.9 Å². The topological polar surface area (TPSA) is 120 Å². The molecule has 9 nitrogen and oxygen atoms in total. The number of hydrogen-bond donors (Lipinski definition) is 2. The Morgan fingerprint density at radius 2 is 1.88 bits per heavy atom. The van der Waals surface area contributed by atoms with Gasteiger partial charge in [-0.05, 0) is 24.3 Å². The van der Waals surface area contributed by atoms with E-state index in [9.17, 15) is 19.7 Å². The van der Waals surface area contributed by atoms with Crippen LogP contribution in [0.4, 0.5) is 16.2 Å². The van der Waals surface area contributed by atoms with E-state index >= 15 is 0 Å². The molecule has 2 aromatic rings. The quantitative estimate of drug-likeness (QED) is 0.658. The first-order chi connectivity index (χ1) is 11.5. The van der Waals surface area contributed by atoms with Crippen LogP contribution < -0.4 is 20.1 Å². The molecule has 0 bridgehead atoms. The molecule has 0 aliphatic carbocycles. The minimum Gasteiger partial charge on any atom is -0.454 e. The number of benzene rings is 2. The van der Waals surface area contributed by atoms with Crippen molar-refractivity contribution >= 4 is 23.3 Å². The summed E-state index contributed by atoms with van der Waals surface area (Å²) in [6, 6.07) is 9.08. The predicted molar refractivity (Wildman–Crippen MR) is 82.1 cm³/mol. The first-order valence-electron chi connectivity index (χ1n) is 6.79. The number of fused-ring (bicyclic) bond motifs is 1. The lowest BCUT2D eigenvalue weighted by atomic mass is 10.2. The van der Waals surface area contributed by atoms with Gasteiger partial charge in [0.05, 0.1) is 4.92 Å². The SMILES string of the molecule is O=C(NC(=O)c1ccc2c(c1)OCO2)Nc1cccc([N+](=O)[O-])c1. The Bertz CT molecular complexity index is 836. The third-order valence-corrected chi connectivity index (χ3v) is 3.18. The Morgan fingerprint density at radius 1 is 1.08 bits per heavy atom.